The predicted molar refractivity (Wildman–Crippen MR) is 37.3 cm³/mol. The molecular weight excluding hydrogens is 150 g/mol. The van der Waals surface area contributed by atoms with E-state index in [1.54, 1.807) is 0 Å². The maximum atomic E-state index is 10.2. The summed E-state index contributed by atoms with van der Waals surface area (Å²) in [5, 5.41) is 19.1. The number of carboxylic acid groups (broad SMARTS) is 2. The molecule has 0 spiro atoms. The molecule has 11 heavy (non-hydrogen) atoms. The van der Waals surface area contributed by atoms with E-state index in [-0.39, 0.29) is 0 Å². The van der Waals surface area contributed by atoms with Crippen LogP contribution in [0.25, 0.3) is 0 Å². The topological polar surface area (TPSA) is 86.6 Å². The van der Waals surface area contributed by atoms with E-state index in [0.717, 1.165) is 0 Å². The Bertz CT molecular complexity index is 150. The van der Waals surface area contributed by atoms with Crippen LogP contribution in [0.2, 0.25) is 0 Å². The van der Waals surface area contributed by atoms with Crippen molar-refractivity contribution in [3.05, 3.63) is 0 Å². The van der Waals surface area contributed by atoms with Crippen LogP contribution in [-0.4, -0.2) is 34.2 Å². The Balaban J connectivity index is 3.84. The minimum absolute atomic E-state index is 0.832. The highest BCUT2D eigenvalue weighted by molar-refractivity contribution is 5.76. The summed E-state index contributed by atoms with van der Waals surface area (Å²) in [6.45, 7) is 2.78. The van der Waals surface area contributed by atoms with Gasteiger partial charge in [-0.3, -0.25) is 14.9 Å². The number of aliphatic carboxylic acids is 2. The molecule has 5 heteroatoms. The van der Waals surface area contributed by atoms with Gasteiger partial charge in [0.25, 0.3) is 0 Å². The summed E-state index contributed by atoms with van der Waals surface area (Å²) in [5.74, 6) is -2.11. The van der Waals surface area contributed by atoms with Gasteiger partial charge in [0.05, 0.1) is 0 Å². The fourth-order valence-corrected chi connectivity index (χ4v) is 0.518. The maximum Gasteiger partial charge on any atom is 0.320 e. The Kier molecular flexibility index (Phi) is 3.53. The standard InChI is InChI=1S/C6H11NO4/c1-3(5(8)9)7-4(2)6(10)11/h3-4,7H,1-2H3,(H,8,9)(H,10,11)/t3-,4?/m1/s1. The van der Waals surface area contributed by atoms with Crippen LogP contribution in [0.15, 0.2) is 0 Å². The first-order valence-corrected chi connectivity index (χ1v) is 3.16. The van der Waals surface area contributed by atoms with Crippen LogP contribution in [0.3, 0.4) is 0 Å². The third-order valence-electron chi connectivity index (χ3n) is 1.24. The lowest BCUT2D eigenvalue weighted by atomic mass is 10.2. The number of carboxylic acids is 2. The molecule has 0 aliphatic rings. The van der Waals surface area contributed by atoms with Crippen molar-refractivity contribution < 1.29 is 19.8 Å². The van der Waals surface area contributed by atoms with Crippen LogP contribution in [-0.2, 0) is 9.59 Å². The number of hydrogen-bond donors (Lipinski definition) is 3. The number of carbonyl (C=O) groups is 2. The normalized spacial score (nSPS) is 15.5. The molecule has 0 aromatic rings. The lowest BCUT2D eigenvalue weighted by Gasteiger charge is -2.12. The van der Waals surface area contributed by atoms with Crippen molar-refractivity contribution in [1.82, 2.24) is 5.32 Å². The second-order valence-electron chi connectivity index (χ2n) is 2.29. The summed E-state index contributed by atoms with van der Waals surface area (Å²) in [4.78, 5) is 20.4. The number of rotatable bonds is 4. The highest BCUT2D eigenvalue weighted by atomic mass is 16.4. The third kappa shape index (κ3) is 3.57. The zero-order chi connectivity index (χ0) is 9.02. The van der Waals surface area contributed by atoms with Crippen LogP contribution in [0.4, 0.5) is 0 Å². The molecule has 0 aromatic carbocycles. The summed E-state index contributed by atoms with van der Waals surface area (Å²) >= 11 is 0. The van der Waals surface area contributed by atoms with Crippen LogP contribution >= 0.6 is 0 Å². The molecular formula is C6H11NO4. The van der Waals surface area contributed by atoms with Crippen molar-refractivity contribution in [3.8, 4) is 0 Å². The van der Waals surface area contributed by atoms with Gasteiger partial charge in [-0.1, -0.05) is 0 Å². The van der Waals surface area contributed by atoms with E-state index in [2.05, 4.69) is 5.32 Å². The maximum absolute atomic E-state index is 10.2. The molecule has 0 aromatic heterocycles. The minimum atomic E-state index is -1.06. The fraction of sp³-hybridized carbons (Fsp3) is 0.667. The largest absolute Gasteiger partial charge is 0.480 e. The Hall–Kier alpha value is -1.10. The SMILES string of the molecule is CC(N[C@H](C)C(=O)O)C(=O)O. The van der Waals surface area contributed by atoms with Crippen LogP contribution in [0.5, 0.6) is 0 Å². The summed E-state index contributed by atoms with van der Waals surface area (Å²) in [6, 6.07) is -1.66. The molecule has 0 radical (unpaired) electrons. The van der Waals surface area contributed by atoms with E-state index in [1.807, 2.05) is 0 Å². The molecule has 64 valence electrons. The van der Waals surface area contributed by atoms with Crippen molar-refractivity contribution >= 4 is 11.9 Å². The fourth-order valence-electron chi connectivity index (χ4n) is 0.518. The average molecular weight is 161 g/mol. The van der Waals surface area contributed by atoms with E-state index >= 15 is 0 Å². The van der Waals surface area contributed by atoms with Crippen LogP contribution in [0.1, 0.15) is 13.8 Å². The van der Waals surface area contributed by atoms with Gasteiger partial charge < -0.3 is 10.2 Å². The van der Waals surface area contributed by atoms with E-state index < -0.39 is 24.0 Å². The first kappa shape index (κ1) is 9.90. The molecule has 0 saturated heterocycles. The molecule has 0 aliphatic carbocycles. The summed E-state index contributed by atoms with van der Waals surface area (Å²) < 4.78 is 0. The van der Waals surface area contributed by atoms with Gasteiger partial charge in [0.2, 0.25) is 0 Å². The molecule has 3 N–H and O–H groups in total. The lowest BCUT2D eigenvalue weighted by Crippen LogP contribution is -2.43. The molecule has 0 bridgehead atoms. The molecule has 0 saturated carbocycles. The van der Waals surface area contributed by atoms with Crippen molar-refractivity contribution in [2.24, 2.45) is 0 Å². The van der Waals surface area contributed by atoms with Gasteiger partial charge in [0.15, 0.2) is 0 Å². The molecule has 0 rings (SSSR count). The smallest absolute Gasteiger partial charge is 0.320 e. The minimum Gasteiger partial charge on any atom is -0.480 e. The molecule has 0 amide bonds. The second kappa shape index (κ2) is 3.92. The van der Waals surface area contributed by atoms with Gasteiger partial charge in [-0.2, -0.15) is 0 Å². The molecule has 0 aliphatic heterocycles. The van der Waals surface area contributed by atoms with Gasteiger partial charge in [0, 0.05) is 0 Å². The van der Waals surface area contributed by atoms with Gasteiger partial charge in [-0.25, -0.2) is 0 Å². The van der Waals surface area contributed by atoms with Crippen molar-refractivity contribution in [1.29, 1.82) is 0 Å². The molecule has 5 nitrogen and oxygen atoms in total. The molecule has 0 heterocycles. The Morgan fingerprint density at radius 3 is 1.55 bits per heavy atom. The summed E-state index contributed by atoms with van der Waals surface area (Å²) in [6.07, 6.45) is 0. The Labute approximate surface area is 64.0 Å². The van der Waals surface area contributed by atoms with Crippen LogP contribution in [0, 0.1) is 0 Å². The van der Waals surface area contributed by atoms with Gasteiger partial charge in [0.1, 0.15) is 12.1 Å². The highest BCUT2D eigenvalue weighted by Gasteiger charge is 2.17. The molecule has 0 fully saturated rings. The van der Waals surface area contributed by atoms with E-state index in [0.29, 0.717) is 0 Å². The van der Waals surface area contributed by atoms with Crippen molar-refractivity contribution in [2.45, 2.75) is 25.9 Å². The zero-order valence-corrected chi connectivity index (χ0v) is 6.37. The second-order valence-corrected chi connectivity index (χ2v) is 2.29. The first-order chi connectivity index (χ1) is 4.95. The van der Waals surface area contributed by atoms with Crippen LogP contribution < -0.4 is 5.32 Å². The van der Waals surface area contributed by atoms with E-state index in [4.69, 9.17) is 10.2 Å². The highest BCUT2D eigenvalue weighted by Crippen LogP contribution is 1.87. The average Bonchev–Trinajstić information content (AvgIpc) is 1.87. The van der Waals surface area contributed by atoms with Crippen molar-refractivity contribution in [3.63, 3.8) is 0 Å². The summed E-state index contributed by atoms with van der Waals surface area (Å²) in [7, 11) is 0. The van der Waals surface area contributed by atoms with E-state index in [1.165, 1.54) is 13.8 Å². The van der Waals surface area contributed by atoms with E-state index in [9.17, 15) is 9.59 Å². The number of hydrogen-bond acceptors (Lipinski definition) is 3. The Morgan fingerprint density at radius 1 is 1.09 bits per heavy atom. The number of nitrogens with one attached hydrogen (secondary N) is 1. The first-order valence-electron chi connectivity index (χ1n) is 3.16. The van der Waals surface area contributed by atoms with Gasteiger partial charge in [-0.15, -0.1) is 0 Å². The van der Waals surface area contributed by atoms with Gasteiger partial charge in [-0.05, 0) is 13.8 Å². The summed E-state index contributed by atoms with van der Waals surface area (Å²) in [5.41, 5.74) is 0. The van der Waals surface area contributed by atoms with Gasteiger partial charge >= 0.3 is 11.9 Å². The Morgan fingerprint density at radius 2 is 1.36 bits per heavy atom. The predicted octanol–water partition coefficient (Wildman–Crippen LogP) is -0.478. The zero-order valence-electron chi connectivity index (χ0n) is 6.37. The monoisotopic (exact) mass is 161 g/mol. The molecule has 2 atom stereocenters. The quantitative estimate of drug-likeness (QED) is 0.518. The lowest BCUT2D eigenvalue weighted by molar-refractivity contribution is -0.141. The van der Waals surface area contributed by atoms with Crippen molar-refractivity contribution in [2.75, 3.05) is 0 Å². The third-order valence-corrected chi connectivity index (χ3v) is 1.24. The molecule has 1 unspecified atom stereocenters.